The van der Waals surface area contributed by atoms with Crippen LogP contribution in [0, 0.1) is 11.3 Å². The van der Waals surface area contributed by atoms with E-state index in [-0.39, 0.29) is 24.3 Å². The number of carbonyl (C=O) groups is 2. The van der Waals surface area contributed by atoms with Crippen LogP contribution in [-0.4, -0.2) is 48.1 Å². The third-order valence-electron chi connectivity index (χ3n) is 3.44. The standard InChI is InChI=1S/C14H26N2O3/c1-14(2,3)13(19)15-7-6-12(18)16-8-4-5-11(9-16)10-17/h11,17H,4-10H2,1-3H3,(H,15,19). The van der Waals surface area contributed by atoms with Crippen molar-refractivity contribution in [2.75, 3.05) is 26.2 Å². The summed E-state index contributed by atoms with van der Waals surface area (Å²) >= 11 is 0. The van der Waals surface area contributed by atoms with E-state index in [1.54, 1.807) is 4.90 Å². The minimum Gasteiger partial charge on any atom is -0.396 e. The molecule has 0 aromatic rings. The maximum absolute atomic E-state index is 12.0. The minimum atomic E-state index is -0.420. The summed E-state index contributed by atoms with van der Waals surface area (Å²) in [7, 11) is 0. The van der Waals surface area contributed by atoms with Gasteiger partial charge in [0, 0.05) is 38.1 Å². The van der Waals surface area contributed by atoms with Crippen molar-refractivity contribution >= 4 is 11.8 Å². The second-order valence-electron chi connectivity index (χ2n) is 6.29. The van der Waals surface area contributed by atoms with Gasteiger partial charge < -0.3 is 15.3 Å². The number of likely N-dealkylation sites (tertiary alicyclic amines) is 1. The molecule has 2 N–H and O–H groups in total. The average Bonchev–Trinajstić information content (AvgIpc) is 2.37. The van der Waals surface area contributed by atoms with E-state index < -0.39 is 5.41 Å². The molecule has 1 unspecified atom stereocenters. The van der Waals surface area contributed by atoms with Crippen LogP contribution < -0.4 is 5.32 Å². The van der Waals surface area contributed by atoms with E-state index in [0.29, 0.717) is 19.5 Å². The van der Waals surface area contributed by atoms with Crippen LogP contribution in [0.15, 0.2) is 0 Å². The van der Waals surface area contributed by atoms with Crippen molar-refractivity contribution in [3.05, 3.63) is 0 Å². The van der Waals surface area contributed by atoms with Crippen molar-refractivity contribution in [1.29, 1.82) is 0 Å². The van der Waals surface area contributed by atoms with Crippen molar-refractivity contribution in [2.24, 2.45) is 11.3 Å². The lowest BCUT2D eigenvalue weighted by atomic mass is 9.96. The van der Waals surface area contributed by atoms with Gasteiger partial charge in [0.1, 0.15) is 0 Å². The second-order valence-corrected chi connectivity index (χ2v) is 6.29. The number of aliphatic hydroxyl groups is 1. The fourth-order valence-corrected chi connectivity index (χ4v) is 2.15. The van der Waals surface area contributed by atoms with Gasteiger partial charge in [0.25, 0.3) is 0 Å². The summed E-state index contributed by atoms with van der Waals surface area (Å²) in [6.45, 7) is 7.48. The molecule has 1 aliphatic rings. The lowest BCUT2D eigenvalue weighted by molar-refractivity contribution is -0.133. The molecule has 1 fully saturated rings. The molecule has 1 saturated heterocycles. The predicted molar refractivity (Wildman–Crippen MR) is 73.5 cm³/mol. The molecular weight excluding hydrogens is 244 g/mol. The summed E-state index contributed by atoms with van der Waals surface area (Å²) in [6.07, 6.45) is 2.27. The largest absolute Gasteiger partial charge is 0.396 e. The maximum Gasteiger partial charge on any atom is 0.225 e. The van der Waals surface area contributed by atoms with E-state index in [9.17, 15) is 9.59 Å². The molecule has 0 aromatic heterocycles. The first-order valence-electron chi connectivity index (χ1n) is 7.01. The van der Waals surface area contributed by atoms with Gasteiger partial charge in [-0.1, -0.05) is 20.8 Å². The Morgan fingerprint density at radius 1 is 1.37 bits per heavy atom. The van der Waals surface area contributed by atoms with Gasteiger partial charge >= 0.3 is 0 Å². The Morgan fingerprint density at radius 3 is 2.63 bits per heavy atom. The van der Waals surface area contributed by atoms with E-state index in [0.717, 1.165) is 19.4 Å². The van der Waals surface area contributed by atoms with Gasteiger partial charge in [-0.3, -0.25) is 9.59 Å². The molecule has 5 heteroatoms. The van der Waals surface area contributed by atoms with Gasteiger partial charge in [-0.2, -0.15) is 0 Å². The van der Waals surface area contributed by atoms with E-state index in [1.807, 2.05) is 20.8 Å². The van der Waals surface area contributed by atoms with Crippen molar-refractivity contribution < 1.29 is 14.7 Å². The number of hydrogen-bond acceptors (Lipinski definition) is 3. The Kier molecular flexibility index (Phi) is 5.79. The van der Waals surface area contributed by atoms with Gasteiger partial charge in [0.15, 0.2) is 0 Å². The monoisotopic (exact) mass is 270 g/mol. The summed E-state index contributed by atoms with van der Waals surface area (Å²) in [5, 5.41) is 11.9. The SMILES string of the molecule is CC(C)(C)C(=O)NCCC(=O)N1CCCC(CO)C1. The van der Waals surface area contributed by atoms with Crippen LogP contribution in [0.2, 0.25) is 0 Å². The highest BCUT2D eigenvalue weighted by atomic mass is 16.3. The van der Waals surface area contributed by atoms with Crippen molar-refractivity contribution in [1.82, 2.24) is 10.2 Å². The number of nitrogens with one attached hydrogen (secondary N) is 1. The Balaban J connectivity index is 2.29. The number of hydrogen-bond donors (Lipinski definition) is 2. The van der Waals surface area contributed by atoms with Gasteiger partial charge in [-0.05, 0) is 18.8 Å². The number of aliphatic hydroxyl groups excluding tert-OH is 1. The molecule has 1 atom stereocenters. The van der Waals surface area contributed by atoms with Crippen molar-refractivity contribution in [2.45, 2.75) is 40.0 Å². The fourth-order valence-electron chi connectivity index (χ4n) is 2.15. The normalized spacial score (nSPS) is 20.2. The molecule has 19 heavy (non-hydrogen) atoms. The van der Waals surface area contributed by atoms with E-state index in [1.165, 1.54) is 0 Å². The smallest absolute Gasteiger partial charge is 0.225 e. The van der Waals surface area contributed by atoms with Crippen LogP contribution in [0.25, 0.3) is 0 Å². The highest BCUT2D eigenvalue weighted by molar-refractivity contribution is 5.82. The molecule has 0 saturated carbocycles. The Labute approximate surface area is 115 Å². The topological polar surface area (TPSA) is 69.6 Å². The maximum atomic E-state index is 12.0. The molecular formula is C14H26N2O3. The molecule has 2 amide bonds. The van der Waals surface area contributed by atoms with Crippen molar-refractivity contribution in [3.63, 3.8) is 0 Å². The summed E-state index contributed by atoms with van der Waals surface area (Å²) < 4.78 is 0. The number of nitrogens with zero attached hydrogens (tertiary/aromatic N) is 1. The molecule has 0 spiro atoms. The van der Waals surface area contributed by atoms with Crippen molar-refractivity contribution in [3.8, 4) is 0 Å². The van der Waals surface area contributed by atoms with Crippen LogP contribution >= 0.6 is 0 Å². The quantitative estimate of drug-likeness (QED) is 0.793. The molecule has 1 heterocycles. The number of amides is 2. The van der Waals surface area contributed by atoms with Crippen LogP contribution in [0.4, 0.5) is 0 Å². The fraction of sp³-hybridized carbons (Fsp3) is 0.857. The zero-order valence-electron chi connectivity index (χ0n) is 12.2. The minimum absolute atomic E-state index is 0.0350. The Hall–Kier alpha value is -1.10. The highest BCUT2D eigenvalue weighted by Gasteiger charge is 2.24. The van der Waals surface area contributed by atoms with Gasteiger partial charge in [-0.25, -0.2) is 0 Å². The van der Waals surface area contributed by atoms with Crippen LogP contribution in [0.3, 0.4) is 0 Å². The molecule has 0 bridgehead atoms. The summed E-state index contributed by atoms with van der Waals surface area (Å²) in [6, 6.07) is 0. The van der Waals surface area contributed by atoms with E-state index in [2.05, 4.69) is 5.32 Å². The third-order valence-corrected chi connectivity index (χ3v) is 3.44. The van der Waals surface area contributed by atoms with Gasteiger partial charge in [0.2, 0.25) is 11.8 Å². The predicted octanol–water partition coefficient (Wildman–Crippen LogP) is 0.770. The van der Waals surface area contributed by atoms with Crippen LogP contribution in [0.5, 0.6) is 0 Å². The first-order valence-corrected chi connectivity index (χ1v) is 7.01. The van der Waals surface area contributed by atoms with Crippen LogP contribution in [-0.2, 0) is 9.59 Å². The Bertz CT molecular complexity index is 323. The number of carbonyl (C=O) groups excluding carboxylic acids is 2. The molecule has 1 aliphatic heterocycles. The second kappa shape index (κ2) is 6.89. The molecule has 0 radical (unpaired) electrons. The van der Waals surface area contributed by atoms with E-state index >= 15 is 0 Å². The first-order chi connectivity index (χ1) is 8.84. The number of piperidine rings is 1. The lowest BCUT2D eigenvalue weighted by Crippen LogP contribution is -2.43. The summed E-state index contributed by atoms with van der Waals surface area (Å²) in [4.78, 5) is 25.4. The van der Waals surface area contributed by atoms with Gasteiger partial charge in [-0.15, -0.1) is 0 Å². The third kappa shape index (κ3) is 5.19. The highest BCUT2D eigenvalue weighted by Crippen LogP contribution is 2.16. The number of rotatable bonds is 4. The van der Waals surface area contributed by atoms with E-state index in [4.69, 9.17) is 5.11 Å². The van der Waals surface area contributed by atoms with Crippen LogP contribution in [0.1, 0.15) is 40.0 Å². The first kappa shape index (κ1) is 16.0. The summed E-state index contributed by atoms with van der Waals surface area (Å²) in [5.41, 5.74) is -0.420. The average molecular weight is 270 g/mol. The Morgan fingerprint density at radius 2 is 2.05 bits per heavy atom. The lowest BCUT2D eigenvalue weighted by Gasteiger charge is -2.32. The molecule has 5 nitrogen and oxygen atoms in total. The van der Waals surface area contributed by atoms with Gasteiger partial charge in [0.05, 0.1) is 0 Å². The molecule has 110 valence electrons. The molecule has 0 aromatic carbocycles. The molecule has 1 rings (SSSR count). The summed E-state index contributed by atoms with van der Waals surface area (Å²) in [5.74, 6) is 0.237. The molecule has 0 aliphatic carbocycles. The zero-order valence-corrected chi connectivity index (χ0v) is 12.2. The zero-order chi connectivity index (χ0) is 14.5.